The number of carbonyl (C=O) groups is 4. The van der Waals surface area contributed by atoms with Gasteiger partial charge in [0.15, 0.2) is 11.4 Å². The minimum absolute atomic E-state index is 0.0842. The van der Waals surface area contributed by atoms with E-state index in [2.05, 4.69) is 0 Å². The van der Waals surface area contributed by atoms with Gasteiger partial charge in [0, 0.05) is 37.0 Å². The standard InChI is InChI=1S/C31H38O10/c1-16-20(34)14-31(37)26(40-27(36)19-10-8-7-9-11-19)24-29(6,13-12-21-30(24,15-38-21)41-18(3)33)25(35)23(39-17(2)32)22(16)28(31,4)5/h7-11,16,20-21,24,26,34,37H,12-15H2,1-6H3/t16?,20?,21?,24?,26?,29-,30+,31?/m1/s1. The molecule has 10 nitrogen and oxygen atoms in total. The molecule has 0 spiro atoms. The lowest BCUT2D eigenvalue weighted by atomic mass is 9.45. The van der Waals surface area contributed by atoms with Crippen LogP contribution in [-0.4, -0.2) is 70.0 Å². The number of rotatable bonds is 4. The fourth-order valence-corrected chi connectivity index (χ4v) is 7.91. The average molecular weight is 571 g/mol. The molecule has 1 saturated heterocycles. The zero-order valence-corrected chi connectivity index (χ0v) is 24.3. The van der Waals surface area contributed by atoms with Crippen LogP contribution in [0.15, 0.2) is 41.7 Å². The molecule has 0 amide bonds. The van der Waals surface area contributed by atoms with Crippen LogP contribution < -0.4 is 0 Å². The van der Waals surface area contributed by atoms with Gasteiger partial charge in [-0.3, -0.25) is 14.4 Å². The van der Waals surface area contributed by atoms with E-state index in [1.807, 2.05) is 0 Å². The van der Waals surface area contributed by atoms with Crippen molar-refractivity contribution in [2.75, 3.05) is 6.61 Å². The van der Waals surface area contributed by atoms with Crippen LogP contribution in [0.2, 0.25) is 0 Å². The maximum Gasteiger partial charge on any atom is 0.338 e. The molecule has 2 N–H and O–H groups in total. The smallest absolute Gasteiger partial charge is 0.338 e. The van der Waals surface area contributed by atoms with Crippen molar-refractivity contribution in [1.82, 2.24) is 0 Å². The first kappa shape index (κ1) is 29.4. The van der Waals surface area contributed by atoms with Gasteiger partial charge in [-0.1, -0.05) is 45.9 Å². The summed E-state index contributed by atoms with van der Waals surface area (Å²) in [5, 5.41) is 24.2. The molecule has 0 radical (unpaired) electrons. The van der Waals surface area contributed by atoms with E-state index in [1.165, 1.54) is 13.8 Å². The second-order valence-electron chi connectivity index (χ2n) is 12.7. The van der Waals surface area contributed by atoms with Gasteiger partial charge in [-0.05, 0) is 30.5 Å². The predicted octanol–water partition coefficient (Wildman–Crippen LogP) is 2.89. The Hall–Kier alpha value is -3.08. The SMILES string of the molecule is CC(=O)OC1=C2C(C)C(O)CC(O)(C(OC(=O)c3ccccc3)C3[C@]4(OC(C)=O)COC4CC[C@@]3(C)C1=O)C2(C)C. The molecule has 10 heteroatoms. The van der Waals surface area contributed by atoms with Crippen LogP contribution in [0.3, 0.4) is 0 Å². The first-order chi connectivity index (χ1) is 19.1. The first-order valence-electron chi connectivity index (χ1n) is 14.1. The number of esters is 3. The number of hydrogen-bond donors (Lipinski definition) is 2. The summed E-state index contributed by atoms with van der Waals surface area (Å²) in [5.74, 6) is -4.63. The minimum Gasteiger partial charge on any atom is -0.455 e. The van der Waals surface area contributed by atoms with Gasteiger partial charge in [-0.15, -0.1) is 0 Å². The lowest BCUT2D eigenvalue weighted by Gasteiger charge is -2.66. The van der Waals surface area contributed by atoms with E-state index in [1.54, 1.807) is 58.0 Å². The highest BCUT2D eigenvalue weighted by atomic mass is 16.6. The Balaban J connectivity index is 1.83. The van der Waals surface area contributed by atoms with Crippen molar-refractivity contribution >= 4 is 23.7 Å². The molecule has 1 heterocycles. The number of ether oxygens (including phenoxy) is 4. The number of allylic oxidation sites excluding steroid dienone is 1. The average Bonchev–Trinajstić information content (AvgIpc) is 2.88. The summed E-state index contributed by atoms with van der Waals surface area (Å²) in [6, 6.07) is 8.25. The van der Waals surface area contributed by atoms with Crippen molar-refractivity contribution < 1.29 is 48.3 Å². The Kier molecular flexibility index (Phi) is 6.99. The van der Waals surface area contributed by atoms with Crippen LogP contribution in [0.25, 0.3) is 0 Å². The molecule has 1 aromatic carbocycles. The largest absolute Gasteiger partial charge is 0.455 e. The van der Waals surface area contributed by atoms with Gasteiger partial charge >= 0.3 is 17.9 Å². The normalized spacial score (nSPS) is 39.2. The second kappa shape index (κ2) is 9.74. The Labute approximate surface area is 239 Å². The highest BCUT2D eigenvalue weighted by molar-refractivity contribution is 6.01. The van der Waals surface area contributed by atoms with Crippen LogP contribution in [-0.2, 0) is 33.3 Å². The fraction of sp³-hybridized carbons (Fsp3) is 0.613. The van der Waals surface area contributed by atoms with E-state index in [0.29, 0.717) is 6.42 Å². The second-order valence-corrected chi connectivity index (χ2v) is 12.7. The molecular weight excluding hydrogens is 532 g/mol. The van der Waals surface area contributed by atoms with Gasteiger partial charge in [0.25, 0.3) is 0 Å². The van der Waals surface area contributed by atoms with Gasteiger partial charge in [-0.2, -0.15) is 0 Å². The number of fused-ring (bicyclic) bond motifs is 5. The van der Waals surface area contributed by atoms with Gasteiger partial charge in [-0.25, -0.2) is 4.79 Å². The summed E-state index contributed by atoms with van der Waals surface area (Å²) in [7, 11) is 0. The maximum absolute atomic E-state index is 14.7. The van der Waals surface area contributed by atoms with Gasteiger partial charge < -0.3 is 29.2 Å². The number of carbonyl (C=O) groups excluding carboxylic acids is 4. The molecule has 2 saturated carbocycles. The van der Waals surface area contributed by atoms with Crippen LogP contribution in [0.1, 0.15) is 71.2 Å². The van der Waals surface area contributed by atoms with Crippen molar-refractivity contribution in [1.29, 1.82) is 0 Å². The Morgan fingerprint density at radius 1 is 1.05 bits per heavy atom. The maximum atomic E-state index is 14.7. The number of hydrogen-bond acceptors (Lipinski definition) is 10. The van der Waals surface area contributed by atoms with E-state index in [0.717, 1.165) is 0 Å². The molecule has 1 aromatic rings. The summed E-state index contributed by atoms with van der Waals surface area (Å²) < 4.78 is 23.7. The molecule has 3 aliphatic carbocycles. The quantitative estimate of drug-likeness (QED) is 0.409. The van der Waals surface area contributed by atoms with E-state index < -0.39 is 75.9 Å². The number of benzene rings is 1. The highest BCUT2D eigenvalue weighted by Gasteiger charge is 2.75. The molecule has 2 bridgehead atoms. The van der Waals surface area contributed by atoms with E-state index in [-0.39, 0.29) is 36.3 Å². The molecule has 222 valence electrons. The van der Waals surface area contributed by atoms with Crippen molar-refractivity contribution in [2.45, 2.75) is 90.3 Å². The van der Waals surface area contributed by atoms with Crippen LogP contribution >= 0.6 is 0 Å². The zero-order chi connectivity index (χ0) is 30.1. The minimum atomic E-state index is -1.98. The third kappa shape index (κ3) is 4.17. The lowest BCUT2D eigenvalue weighted by Crippen LogP contribution is -2.78. The Bertz CT molecular complexity index is 1320. The summed E-state index contributed by atoms with van der Waals surface area (Å²) in [4.78, 5) is 53.3. The molecule has 6 unspecified atom stereocenters. The molecule has 3 fully saturated rings. The van der Waals surface area contributed by atoms with Gasteiger partial charge in [0.1, 0.15) is 17.8 Å². The van der Waals surface area contributed by atoms with E-state index >= 15 is 0 Å². The van der Waals surface area contributed by atoms with Crippen LogP contribution in [0.5, 0.6) is 0 Å². The molecule has 4 aliphatic rings. The molecule has 1 aliphatic heterocycles. The molecule has 0 aromatic heterocycles. The van der Waals surface area contributed by atoms with Gasteiger partial charge in [0.2, 0.25) is 5.78 Å². The molecular formula is C31H38O10. The van der Waals surface area contributed by atoms with Crippen molar-refractivity contribution in [3.63, 3.8) is 0 Å². The van der Waals surface area contributed by atoms with Crippen molar-refractivity contribution in [3.05, 3.63) is 47.2 Å². The summed E-state index contributed by atoms with van der Waals surface area (Å²) in [5.41, 5.74) is -5.67. The van der Waals surface area contributed by atoms with E-state index in [9.17, 15) is 29.4 Å². The molecule has 8 atom stereocenters. The van der Waals surface area contributed by atoms with Crippen LogP contribution in [0.4, 0.5) is 0 Å². The van der Waals surface area contributed by atoms with E-state index in [4.69, 9.17) is 18.9 Å². The summed E-state index contributed by atoms with van der Waals surface area (Å²) in [6.45, 7) is 9.10. The molecule has 41 heavy (non-hydrogen) atoms. The number of aliphatic hydroxyl groups is 2. The number of aliphatic hydroxyl groups excluding tert-OH is 1. The Morgan fingerprint density at radius 2 is 1.71 bits per heavy atom. The summed E-state index contributed by atoms with van der Waals surface area (Å²) >= 11 is 0. The number of Topliss-reactive ketones (excluding diaryl/α,β-unsaturated/α-hetero) is 1. The summed E-state index contributed by atoms with van der Waals surface area (Å²) in [6.07, 6.45) is -2.88. The lowest BCUT2D eigenvalue weighted by molar-refractivity contribution is -0.332. The third-order valence-electron chi connectivity index (χ3n) is 10.1. The zero-order valence-electron chi connectivity index (χ0n) is 24.3. The topological polar surface area (TPSA) is 146 Å². The van der Waals surface area contributed by atoms with Gasteiger partial charge in [0.05, 0.1) is 24.2 Å². The predicted molar refractivity (Wildman–Crippen MR) is 143 cm³/mol. The monoisotopic (exact) mass is 570 g/mol. The number of ketones is 1. The Morgan fingerprint density at radius 3 is 2.27 bits per heavy atom. The fourth-order valence-electron chi connectivity index (χ4n) is 7.91. The van der Waals surface area contributed by atoms with Crippen LogP contribution in [0, 0.1) is 22.7 Å². The third-order valence-corrected chi connectivity index (χ3v) is 10.1. The van der Waals surface area contributed by atoms with Crippen molar-refractivity contribution in [3.8, 4) is 0 Å². The molecule has 5 rings (SSSR count). The highest BCUT2D eigenvalue weighted by Crippen LogP contribution is 2.64. The van der Waals surface area contributed by atoms with Crippen molar-refractivity contribution in [2.24, 2.45) is 22.7 Å². The first-order valence-corrected chi connectivity index (χ1v) is 14.1.